The van der Waals surface area contributed by atoms with E-state index in [4.69, 9.17) is 0 Å². The van der Waals surface area contributed by atoms with Crippen molar-refractivity contribution in [2.75, 3.05) is 42.5 Å². The van der Waals surface area contributed by atoms with E-state index in [0.29, 0.717) is 6.04 Å². The van der Waals surface area contributed by atoms with Crippen molar-refractivity contribution in [3.8, 4) is 11.3 Å². The first kappa shape index (κ1) is 23.2. The van der Waals surface area contributed by atoms with E-state index in [1.807, 2.05) is 31.7 Å². The number of aromatic nitrogens is 5. The van der Waals surface area contributed by atoms with Gasteiger partial charge in [-0.3, -0.25) is 14.3 Å². The van der Waals surface area contributed by atoms with Crippen molar-refractivity contribution in [1.82, 2.24) is 29.9 Å². The lowest BCUT2D eigenvalue weighted by atomic mass is 10.0. The number of rotatable bonds is 8. The molecule has 1 aliphatic carbocycles. The highest BCUT2D eigenvalue weighted by Crippen LogP contribution is 2.28. The molecule has 9 heteroatoms. The second-order valence-corrected chi connectivity index (χ2v) is 10.6. The van der Waals surface area contributed by atoms with E-state index in [1.165, 1.54) is 32.1 Å². The third-order valence-electron chi connectivity index (χ3n) is 7.90. The zero-order valence-electron chi connectivity index (χ0n) is 21.1. The van der Waals surface area contributed by atoms with Crippen LogP contribution in [0.5, 0.6) is 0 Å². The number of piperidine rings is 1. The topological polar surface area (TPSA) is 84.1 Å². The highest BCUT2D eigenvalue weighted by atomic mass is 16.1. The second-order valence-electron chi connectivity index (χ2n) is 10.6. The number of hydrogen-bond acceptors (Lipinski definition) is 7. The summed E-state index contributed by atoms with van der Waals surface area (Å²) in [5.74, 6) is 0.883. The Morgan fingerprint density at radius 3 is 2.67 bits per heavy atom. The molecule has 2 aliphatic heterocycles. The SMILES string of the molecule is CC(n1cc(-c2cncc(N3CCCC3)c2)nn1)n1ccc(N2CCC[C@@H](NCC3CC3)C2)cc1=O. The van der Waals surface area contributed by atoms with Crippen molar-refractivity contribution in [1.29, 1.82) is 0 Å². The average molecular weight is 489 g/mol. The number of pyridine rings is 2. The van der Waals surface area contributed by atoms with Crippen LogP contribution in [-0.2, 0) is 0 Å². The number of anilines is 2. The minimum atomic E-state index is -0.281. The van der Waals surface area contributed by atoms with Gasteiger partial charge >= 0.3 is 0 Å². The Morgan fingerprint density at radius 2 is 1.86 bits per heavy atom. The lowest BCUT2D eigenvalue weighted by Crippen LogP contribution is -2.46. The highest BCUT2D eigenvalue weighted by Gasteiger charge is 2.25. The number of nitrogens with zero attached hydrogens (tertiary/aromatic N) is 7. The average Bonchev–Trinajstić information content (AvgIpc) is 3.35. The molecule has 0 aromatic carbocycles. The van der Waals surface area contributed by atoms with Gasteiger partial charge in [-0.25, -0.2) is 4.68 Å². The molecule has 2 saturated heterocycles. The molecule has 5 heterocycles. The maximum Gasteiger partial charge on any atom is 0.254 e. The zero-order chi connectivity index (χ0) is 24.5. The maximum atomic E-state index is 13.1. The van der Waals surface area contributed by atoms with Gasteiger partial charge in [0.15, 0.2) is 0 Å². The molecule has 6 rings (SSSR count). The largest absolute Gasteiger partial charge is 0.370 e. The van der Waals surface area contributed by atoms with Crippen LogP contribution in [0, 0.1) is 5.92 Å². The molecular weight excluding hydrogens is 452 g/mol. The van der Waals surface area contributed by atoms with E-state index >= 15 is 0 Å². The fourth-order valence-corrected chi connectivity index (χ4v) is 5.45. The van der Waals surface area contributed by atoms with E-state index in [9.17, 15) is 4.79 Å². The summed E-state index contributed by atoms with van der Waals surface area (Å²) < 4.78 is 3.46. The van der Waals surface area contributed by atoms with E-state index in [0.717, 1.165) is 67.7 Å². The zero-order valence-corrected chi connectivity index (χ0v) is 21.1. The van der Waals surface area contributed by atoms with Crippen LogP contribution in [0.2, 0.25) is 0 Å². The molecule has 3 aliphatic rings. The summed E-state index contributed by atoms with van der Waals surface area (Å²) in [6, 6.07) is 6.46. The van der Waals surface area contributed by atoms with Crippen molar-refractivity contribution >= 4 is 11.4 Å². The highest BCUT2D eigenvalue weighted by molar-refractivity contribution is 5.63. The van der Waals surface area contributed by atoms with Crippen LogP contribution >= 0.6 is 0 Å². The van der Waals surface area contributed by atoms with Crippen LogP contribution in [0.4, 0.5) is 11.4 Å². The predicted octanol–water partition coefficient (Wildman–Crippen LogP) is 3.14. The van der Waals surface area contributed by atoms with Crippen LogP contribution in [0.25, 0.3) is 11.3 Å². The molecule has 0 spiro atoms. The molecule has 3 fully saturated rings. The molecule has 190 valence electrons. The summed E-state index contributed by atoms with van der Waals surface area (Å²) in [5, 5.41) is 12.5. The summed E-state index contributed by atoms with van der Waals surface area (Å²) in [5.41, 5.74) is 3.81. The first-order valence-corrected chi connectivity index (χ1v) is 13.5. The Morgan fingerprint density at radius 1 is 1.03 bits per heavy atom. The molecule has 0 amide bonds. The first-order chi connectivity index (χ1) is 17.6. The Hall–Kier alpha value is -3.20. The second kappa shape index (κ2) is 10.0. The molecule has 1 unspecified atom stereocenters. The maximum absolute atomic E-state index is 13.1. The van der Waals surface area contributed by atoms with Gasteiger partial charge in [0, 0.05) is 61.9 Å². The first-order valence-electron chi connectivity index (χ1n) is 13.5. The Balaban J connectivity index is 1.15. The standard InChI is InChI=1S/C27H36N8O/c1-20(35-19-26(30-31-35)22-13-25(17-28-16-22)32-9-2-3-10-32)34-12-8-24(14-27(34)36)33-11-4-5-23(18-33)29-15-21-6-7-21/h8,12-14,16-17,19-21,23,29H,2-7,9-11,15,18H2,1H3/t20?,23-/m1/s1. The molecule has 1 N–H and O–H groups in total. The van der Waals surface area contributed by atoms with Gasteiger partial charge < -0.3 is 15.1 Å². The van der Waals surface area contributed by atoms with Crippen LogP contribution in [-0.4, -0.2) is 63.3 Å². The van der Waals surface area contributed by atoms with E-state index in [-0.39, 0.29) is 11.7 Å². The van der Waals surface area contributed by atoms with Crippen molar-refractivity contribution < 1.29 is 0 Å². The van der Waals surface area contributed by atoms with Crippen molar-refractivity contribution in [3.05, 3.63) is 53.3 Å². The number of nitrogens with one attached hydrogen (secondary N) is 1. The summed E-state index contributed by atoms with van der Waals surface area (Å²) in [4.78, 5) is 22.3. The summed E-state index contributed by atoms with van der Waals surface area (Å²) in [6.45, 7) is 7.21. The lowest BCUT2D eigenvalue weighted by Gasteiger charge is -2.35. The van der Waals surface area contributed by atoms with Gasteiger partial charge in [0.25, 0.3) is 5.56 Å². The van der Waals surface area contributed by atoms with Crippen LogP contribution in [0.1, 0.15) is 51.6 Å². The van der Waals surface area contributed by atoms with Gasteiger partial charge in [-0.2, -0.15) is 0 Å². The molecule has 0 bridgehead atoms. The predicted molar refractivity (Wildman–Crippen MR) is 141 cm³/mol. The summed E-state index contributed by atoms with van der Waals surface area (Å²) in [7, 11) is 0. The van der Waals surface area contributed by atoms with E-state index in [2.05, 4.69) is 42.5 Å². The van der Waals surface area contributed by atoms with Gasteiger partial charge in [0.05, 0.1) is 18.1 Å². The normalized spacial score (nSPS) is 21.2. The third-order valence-corrected chi connectivity index (χ3v) is 7.90. The van der Waals surface area contributed by atoms with E-state index < -0.39 is 0 Å². The van der Waals surface area contributed by atoms with Gasteiger partial charge in [0.1, 0.15) is 11.9 Å². The molecule has 3 aromatic rings. The molecule has 2 atom stereocenters. The third kappa shape index (κ3) is 5.02. The monoisotopic (exact) mass is 488 g/mol. The Labute approximate surface area is 212 Å². The molecule has 3 aromatic heterocycles. The van der Waals surface area contributed by atoms with Gasteiger partial charge in [-0.1, -0.05) is 5.21 Å². The summed E-state index contributed by atoms with van der Waals surface area (Å²) in [6.07, 6.45) is 14.8. The molecular formula is C27H36N8O. The van der Waals surface area contributed by atoms with Crippen LogP contribution < -0.4 is 20.7 Å². The quantitative estimate of drug-likeness (QED) is 0.521. The minimum absolute atomic E-state index is 0.0252. The molecule has 1 saturated carbocycles. The molecule has 9 nitrogen and oxygen atoms in total. The van der Waals surface area contributed by atoms with Crippen LogP contribution in [0.3, 0.4) is 0 Å². The minimum Gasteiger partial charge on any atom is -0.370 e. The lowest BCUT2D eigenvalue weighted by molar-refractivity contribution is 0.403. The fourth-order valence-electron chi connectivity index (χ4n) is 5.45. The Bertz CT molecular complexity index is 1240. The summed E-state index contributed by atoms with van der Waals surface area (Å²) >= 11 is 0. The van der Waals surface area contributed by atoms with Gasteiger partial charge in [-0.05, 0) is 70.0 Å². The van der Waals surface area contributed by atoms with Crippen molar-refractivity contribution in [3.63, 3.8) is 0 Å². The van der Waals surface area contributed by atoms with Gasteiger partial charge in [0.2, 0.25) is 0 Å². The molecule has 36 heavy (non-hydrogen) atoms. The number of hydrogen-bond donors (Lipinski definition) is 1. The molecule has 0 radical (unpaired) electrons. The van der Waals surface area contributed by atoms with Gasteiger partial charge in [-0.15, -0.1) is 5.10 Å². The Kier molecular flexibility index (Phi) is 6.48. The fraction of sp³-hybridized carbons (Fsp3) is 0.556. The van der Waals surface area contributed by atoms with Crippen molar-refractivity contribution in [2.24, 2.45) is 5.92 Å². The van der Waals surface area contributed by atoms with E-state index in [1.54, 1.807) is 15.3 Å². The van der Waals surface area contributed by atoms with Crippen molar-refractivity contribution in [2.45, 2.75) is 57.7 Å². The smallest absolute Gasteiger partial charge is 0.254 e. The van der Waals surface area contributed by atoms with Crippen LogP contribution in [0.15, 0.2) is 47.8 Å².